The van der Waals surface area contributed by atoms with E-state index in [0.29, 0.717) is 70.7 Å². The number of rotatable bonds is 13. The SMILES string of the molecule is COc1cc2c(cc1OCc1cc(COc3cc4c(cc3C)C(=O)N3c5ccccc5C[C@H]3C=N4)cc(N(C)CCCC(=O)ON3C(=O)CCC3=O)c1)NC[C@@H]1Cc3ccccc3N1C2=O. The summed E-state index contributed by atoms with van der Waals surface area (Å²) < 4.78 is 18.8. The number of anilines is 4. The van der Waals surface area contributed by atoms with Crippen molar-refractivity contribution in [2.24, 2.45) is 4.99 Å². The Hall–Kier alpha value is -7.68. The summed E-state index contributed by atoms with van der Waals surface area (Å²) in [5, 5.41) is 4.06. The zero-order valence-electron chi connectivity index (χ0n) is 36.9. The molecule has 66 heavy (non-hydrogen) atoms. The number of aliphatic imine (C=N–C) groups is 1. The van der Waals surface area contributed by atoms with Crippen molar-refractivity contribution in [1.29, 1.82) is 0 Å². The van der Waals surface area contributed by atoms with E-state index in [1.54, 1.807) is 13.2 Å². The quantitative estimate of drug-likeness (QED) is 0.119. The highest BCUT2D eigenvalue weighted by molar-refractivity contribution is 6.15. The van der Waals surface area contributed by atoms with Gasteiger partial charge in [-0.25, -0.2) is 4.79 Å². The Morgan fingerprint density at radius 2 is 1.44 bits per heavy atom. The van der Waals surface area contributed by atoms with Gasteiger partial charge in [-0.2, -0.15) is 0 Å². The number of carbonyl (C=O) groups is 5. The largest absolute Gasteiger partial charge is 0.493 e. The summed E-state index contributed by atoms with van der Waals surface area (Å²) in [6.07, 6.45) is 3.74. The van der Waals surface area contributed by atoms with Crippen LogP contribution in [0, 0.1) is 6.92 Å². The molecule has 2 atom stereocenters. The van der Waals surface area contributed by atoms with Crippen LogP contribution in [0.1, 0.15) is 74.2 Å². The number of benzene rings is 5. The summed E-state index contributed by atoms with van der Waals surface area (Å²) in [5.41, 5.74) is 9.57. The predicted molar refractivity (Wildman–Crippen MR) is 247 cm³/mol. The van der Waals surface area contributed by atoms with Gasteiger partial charge in [-0.05, 0) is 90.0 Å². The number of imide groups is 1. The first-order valence-corrected chi connectivity index (χ1v) is 22.2. The Labute approximate surface area is 381 Å². The standard InChI is InChI=1S/C51H48N6O9/c1-30-17-38-40(52-26-36-21-33-9-4-6-11-42(33)55(36)50(38)61)24-44(30)64-28-31-18-32(20-35(19-31)54(2)16-8-13-49(60)66-57-47(58)14-15-48(57)59)29-65-46-25-41-39(23-45(46)63-3)51(62)56-37(27-53-41)22-34-10-5-7-12-43(34)56/h4-7,9-12,17-20,23-26,36-37,53H,8,13-16,21-22,27-29H2,1-3H3/t36-,37-/m0/s1. The number of hydrogen-bond donors (Lipinski definition) is 1. The van der Waals surface area contributed by atoms with Crippen LogP contribution in [0.4, 0.5) is 28.4 Å². The fourth-order valence-electron chi connectivity index (χ4n) is 9.46. The topological polar surface area (TPSA) is 160 Å². The van der Waals surface area contributed by atoms with Gasteiger partial charge in [-0.1, -0.05) is 36.4 Å². The third-order valence-electron chi connectivity index (χ3n) is 12.8. The Kier molecular flexibility index (Phi) is 11.1. The highest BCUT2D eigenvalue weighted by Crippen LogP contribution is 2.42. The van der Waals surface area contributed by atoms with Crippen LogP contribution < -0.4 is 34.2 Å². The van der Waals surface area contributed by atoms with Crippen molar-refractivity contribution in [2.45, 2.75) is 70.7 Å². The number of fused-ring (bicyclic) bond motifs is 8. The van der Waals surface area contributed by atoms with Crippen LogP contribution in [0.15, 0.2) is 96.0 Å². The molecule has 5 aromatic rings. The number of methoxy groups -OCH3 is 1. The third kappa shape index (κ3) is 7.94. The highest BCUT2D eigenvalue weighted by Gasteiger charge is 2.39. The molecular formula is C51H48N6O9. The summed E-state index contributed by atoms with van der Waals surface area (Å²) in [6.45, 7) is 3.24. The van der Waals surface area contributed by atoms with Gasteiger partial charge in [0.05, 0.1) is 41.7 Å². The number of hydroxylamine groups is 2. The molecule has 5 aliphatic rings. The second kappa shape index (κ2) is 17.4. The van der Waals surface area contributed by atoms with Crippen molar-refractivity contribution in [2.75, 3.05) is 47.3 Å². The summed E-state index contributed by atoms with van der Waals surface area (Å²) in [6, 6.07) is 29.0. The normalized spacial score (nSPS) is 17.8. The Balaban J connectivity index is 0.883. The van der Waals surface area contributed by atoms with E-state index in [2.05, 4.69) is 11.4 Å². The van der Waals surface area contributed by atoms with Crippen LogP contribution in [-0.2, 0) is 45.3 Å². The molecule has 1 N–H and O–H groups in total. The molecule has 0 aromatic heterocycles. The van der Waals surface area contributed by atoms with Crippen molar-refractivity contribution >= 4 is 64.2 Å². The number of hydrogen-bond acceptors (Lipinski definition) is 12. The zero-order valence-corrected chi connectivity index (χ0v) is 36.9. The summed E-state index contributed by atoms with van der Waals surface area (Å²) >= 11 is 0. The lowest BCUT2D eigenvalue weighted by Gasteiger charge is -2.23. The number of nitrogens with one attached hydrogen (secondary N) is 1. The molecule has 0 saturated carbocycles. The van der Waals surface area contributed by atoms with E-state index in [1.807, 2.05) is 114 Å². The molecule has 1 saturated heterocycles. The monoisotopic (exact) mass is 888 g/mol. The second-order valence-electron chi connectivity index (χ2n) is 17.2. The third-order valence-corrected chi connectivity index (χ3v) is 12.8. The fraction of sp³-hybridized carbons (Fsp3) is 0.294. The summed E-state index contributed by atoms with van der Waals surface area (Å²) in [4.78, 5) is 80.1. The fourth-order valence-corrected chi connectivity index (χ4v) is 9.46. The smallest absolute Gasteiger partial charge is 0.333 e. The second-order valence-corrected chi connectivity index (χ2v) is 17.2. The van der Waals surface area contributed by atoms with Crippen LogP contribution >= 0.6 is 0 Å². The van der Waals surface area contributed by atoms with Crippen LogP contribution in [0.3, 0.4) is 0 Å². The Morgan fingerprint density at radius 3 is 2.17 bits per heavy atom. The van der Waals surface area contributed by atoms with Gasteiger partial charge in [0.25, 0.3) is 23.6 Å². The maximum atomic E-state index is 14.1. The van der Waals surface area contributed by atoms with E-state index >= 15 is 0 Å². The molecule has 10 rings (SSSR count). The van der Waals surface area contributed by atoms with Crippen molar-refractivity contribution < 1.29 is 43.0 Å². The zero-order chi connectivity index (χ0) is 45.6. The number of carbonyl (C=O) groups excluding carboxylic acids is 5. The molecule has 0 radical (unpaired) electrons. The molecule has 0 spiro atoms. The van der Waals surface area contributed by atoms with Gasteiger partial charge < -0.3 is 34.2 Å². The van der Waals surface area contributed by atoms with E-state index in [9.17, 15) is 24.0 Å². The van der Waals surface area contributed by atoms with Crippen molar-refractivity contribution in [3.05, 3.63) is 130 Å². The van der Waals surface area contributed by atoms with Gasteiger partial charge in [-0.3, -0.25) is 29.1 Å². The molecular weight excluding hydrogens is 841 g/mol. The molecule has 0 bridgehead atoms. The maximum Gasteiger partial charge on any atom is 0.333 e. The van der Waals surface area contributed by atoms with E-state index < -0.39 is 17.8 Å². The van der Waals surface area contributed by atoms with Gasteiger partial charge in [-0.15, -0.1) is 5.06 Å². The number of nitrogens with zero attached hydrogens (tertiary/aromatic N) is 5. The lowest BCUT2D eigenvalue weighted by molar-refractivity contribution is -0.197. The first-order chi connectivity index (χ1) is 32.0. The van der Waals surface area contributed by atoms with Crippen molar-refractivity contribution in [3.8, 4) is 17.2 Å². The number of para-hydroxylation sites is 2. The number of ether oxygens (including phenoxy) is 3. The summed E-state index contributed by atoms with van der Waals surface area (Å²) in [7, 11) is 3.45. The van der Waals surface area contributed by atoms with Gasteiger partial charge in [0, 0.05) is 81.2 Å². The molecule has 1 fully saturated rings. The van der Waals surface area contributed by atoms with Crippen LogP contribution in [0.25, 0.3) is 0 Å². The lowest BCUT2D eigenvalue weighted by Crippen LogP contribution is -2.39. The minimum Gasteiger partial charge on any atom is -0.493 e. The van der Waals surface area contributed by atoms with Gasteiger partial charge in [0.2, 0.25) is 0 Å². The first-order valence-electron chi connectivity index (χ1n) is 22.2. The minimum atomic E-state index is -0.660. The van der Waals surface area contributed by atoms with Gasteiger partial charge in [0.1, 0.15) is 19.0 Å². The molecule has 5 aliphatic heterocycles. The minimum absolute atomic E-state index is 0.00649. The van der Waals surface area contributed by atoms with E-state index in [4.69, 9.17) is 24.0 Å². The van der Waals surface area contributed by atoms with Crippen LogP contribution in [0.2, 0.25) is 0 Å². The molecule has 15 heteroatoms. The lowest BCUT2D eigenvalue weighted by atomic mass is 10.1. The Morgan fingerprint density at radius 1 is 0.773 bits per heavy atom. The van der Waals surface area contributed by atoms with E-state index in [0.717, 1.165) is 51.3 Å². The number of amides is 4. The van der Waals surface area contributed by atoms with Crippen LogP contribution in [-0.4, -0.2) is 80.2 Å². The average molecular weight is 889 g/mol. The van der Waals surface area contributed by atoms with Crippen molar-refractivity contribution in [3.63, 3.8) is 0 Å². The predicted octanol–water partition coefficient (Wildman–Crippen LogP) is 7.27. The van der Waals surface area contributed by atoms with Crippen molar-refractivity contribution in [1.82, 2.24) is 5.06 Å². The molecule has 5 heterocycles. The molecule has 4 amide bonds. The maximum absolute atomic E-state index is 14.1. The van der Waals surface area contributed by atoms with E-state index in [-0.39, 0.29) is 56.4 Å². The first kappa shape index (κ1) is 42.3. The summed E-state index contributed by atoms with van der Waals surface area (Å²) in [5.74, 6) is -0.433. The average Bonchev–Trinajstić information content (AvgIpc) is 3.94. The molecule has 5 aromatic carbocycles. The molecule has 15 nitrogen and oxygen atoms in total. The Bertz CT molecular complexity index is 2840. The molecule has 336 valence electrons. The highest BCUT2D eigenvalue weighted by atomic mass is 16.7. The number of aryl methyl sites for hydroxylation is 1. The van der Waals surface area contributed by atoms with Gasteiger partial charge in [0.15, 0.2) is 11.5 Å². The van der Waals surface area contributed by atoms with Gasteiger partial charge >= 0.3 is 5.97 Å². The molecule has 0 unspecified atom stereocenters. The molecule has 0 aliphatic carbocycles. The van der Waals surface area contributed by atoms with E-state index in [1.165, 1.54) is 0 Å². The van der Waals surface area contributed by atoms with Crippen LogP contribution in [0.5, 0.6) is 17.2 Å².